The smallest absolute Gasteiger partial charge is 0.264 e. The molecule has 0 aliphatic rings. The molecule has 0 aromatic heterocycles. The topological polar surface area (TPSA) is 86.8 Å². The molecule has 1 unspecified atom stereocenters. The minimum Gasteiger partial charge on any atom is -0.354 e. The van der Waals surface area contributed by atoms with Crippen LogP contribution in [0.15, 0.2) is 83.8 Å². The Hall–Kier alpha value is -3.07. The zero-order chi connectivity index (χ0) is 28.6. The van der Waals surface area contributed by atoms with Crippen molar-refractivity contribution in [1.82, 2.24) is 10.2 Å². The van der Waals surface area contributed by atoms with Gasteiger partial charge in [0.1, 0.15) is 12.6 Å². The molecular weight excluding hydrogens is 557 g/mol. The molecule has 3 rings (SSSR count). The van der Waals surface area contributed by atoms with Crippen LogP contribution in [0, 0.1) is 5.92 Å². The lowest BCUT2D eigenvalue weighted by atomic mass is 10.1. The molecule has 1 N–H and O–H groups in total. The van der Waals surface area contributed by atoms with Crippen molar-refractivity contribution in [3.63, 3.8) is 0 Å². The molecule has 3 aromatic rings. The molecule has 1 atom stereocenters. The Morgan fingerprint density at radius 3 is 2.10 bits per heavy atom. The third-order valence-corrected chi connectivity index (χ3v) is 8.66. The fourth-order valence-electron chi connectivity index (χ4n) is 4.04. The summed E-state index contributed by atoms with van der Waals surface area (Å²) in [4.78, 5) is 28.6. The highest BCUT2D eigenvalue weighted by Crippen LogP contribution is 2.35. The van der Waals surface area contributed by atoms with E-state index in [2.05, 4.69) is 5.32 Å². The van der Waals surface area contributed by atoms with E-state index in [0.717, 1.165) is 9.87 Å². The van der Waals surface area contributed by atoms with Crippen LogP contribution in [0.1, 0.15) is 32.8 Å². The summed E-state index contributed by atoms with van der Waals surface area (Å²) in [5.74, 6) is -0.629. The first kappa shape index (κ1) is 30.5. The van der Waals surface area contributed by atoms with Gasteiger partial charge in [0.05, 0.1) is 20.6 Å². The van der Waals surface area contributed by atoms with Crippen molar-refractivity contribution >= 4 is 50.7 Å². The Kier molecular flexibility index (Phi) is 10.8. The summed E-state index contributed by atoms with van der Waals surface area (Å²) in [7, 11) is -4.23. The number of sulfonamides is 1. The standard InChI is InChI=1S/C29H33Cl2N3O4S/c1-4-25(29(36)32-18-21(2)3)33(19-22-12-7-5-8-13-22)27(35)20-34(26-17-11-16-24(30)28(26)31)39(37,38)23-14-9-6-10-15-23/h5-17,21,25H,4,18-20H2,1-3H3,(H,32,36). The highest BCUT2D eigenvalue weighted by molar-refractivity contribution is 7.92. The second-order valence-electron chi connectivity index (χ2n) is 9.47. The lowest BCUT2D eigenvalue weighted by molar-refractivity contribution is -0.140. The third-order valence-electron chi connectivity index (χ3n) is 6.08. The Bertz CT molecular complexity index is 1370. The summed E-state index contributed by atoms with van der Waals surface area (Å²) >= 11 is 12.7. The average molecular weight is 591 g/mol. The van der Waals surface area contributed by atoms with Crippen LogP contribution >= 0.6 is 23.2 Å². The summed E-state index contributed by atoms with van der Waals surface area (Å²) < 4.78 is 28.6. The highest BCUT2D eigenvalue weighted by atomic mass is 35.5. The number of rotatable bonds is 12. The molecular formula is C29H33Cl2N3O4S. The number of carbonyl (C=O) groups excluding carboxylic acids is 2. The van der Waals surface area contributed by atoms with Gasteiger partial charge in [-0.15, -0.1) is 0 Å². The van der Waals surface area contributed by atoms with E-state index in [-0.39, 0.29) is 39.0 Å². The zero-order valence-electron chi connectivity index (χ0n) is 22.2. The van der Waals surface area contributed by atoms with Crippen LogP contribution in [-0.2, 0) is 26.2 Å². The Labute approximate surface area is 240 Å². The second kappa shape index (κ2) is 13.8. The van der Waals surface area contributed by atoms with Gasteiger partial charge in [0, 0.05) is 13.1 Å². The molecule has 0 bridgehead atoms. The van der Waals surface area contributed by atoms with Crippen molar-refractivity contribution in [2.45, 2.75) is 44.7 Å². The number of anilines is 1. The van der Waals surface area contributed by atoms with Crippen molar-refractivity contribution in [2.24, 2.45) is 5.92 Å². The lowest BCUT2D eigenvalue weighted by Gasteiger charge is -2.33. The van der Waals surface area contributed by atoms with Gasteiger partial charge >= 0.3 is 0 Å². The normalized spacial score (nSPS) is 12.2. The zero-order valence-corrected chi connectivity index (χ0v) is 24.5. The van der Waals surface area contributed by atoms with Crippen molar-refractivity contribution in [1.29, 1.82) is 0 Å². The predicted molar refractivity (Wildman–Crippen MR) is 156 cm³/mol. The SMILES string of the molecule is CCC(C(=O)NCC(C)C)N(Cc1ccccc1)C(=O)CN(c1cccc(Cl)c1Cl)S(=O)(=O)c1ccccc1. The van der Waals surface area contributed by atoms with Crippen molar-refractivity contribution < 1.29 is 18.0 Å². The third kappa shape index (κ3) is 7.75. The number of nitrogens with zero attached hydrogens (tertiary/aromatic N) is 2. The fourth-order valence-corrected chi connectivity index (χ4v) is 5.93. The molecule has 0 spiro atoms. The Morgan fingerprint density at radius 1 is 0.897 bits per heavy atom. The van der Waals surface area contributed by atoms with Crippen LogP contribution in [0.2, 0.25) is 10.0 Å². The minimum absolute atomic E-state index is 0.00259. The summed E-state index contributed by atoms with van der Waals surface area (Å²) in [6.07, 6.45) is 0.339. The first-order chi connectivity index (χ1) is 18.6. The minimum atomic E-state index is -4.23. The van der Waals surface area contributed by atoms with Gasteiger partial charge in [-0.05, 0) is 42.2 Å². The summed E-state index contributed by atoms with van der Waals surface area (Å²) in [6.45, 7) is 5.77. The highest BCUT2D eigenvalue weighted by Gasteiger charge is 2.34. The van der Waals surface area contributed by atoms with Gasteiger partial charge < -0.3 is 10.2 Å². The molecule has 208 valence electrons. The van der Waals surface area contributed by atoms with Gasteiger partial charge in [0.25, 0.3) is 10.0 Å². The maximum atomic E-state index is 14.0. The van der Waals surface area contributed by atoms with Crippen molar-refractivity contribution in [3.05, 3.63) is 94.5 Å². The maximum absolute atomic E-state index is 14.0. The largest absolute Gasteiger partial charge is 0.354 e. The summed E-state index contributed by atoms with van der Waals surface area (Å²) in [5.41, 5.74) is 0.873. The van der Waals surface area contributed by atoms with Gasteiger partial charge in [0.2, 0.25) is 11.8 Å². The number of benzene rings is 3. The van der Waals surface area contributed by atoms with Crippen LogP contribution < -0.4 is 9.62 Å². The van der Waals surface area contributed by atoms with Gasteiger partial charge in [-0.25, -0.2) is 8.42 Å². The van der Waals surface area contributed by atoms with Crippen LogP contribution in [0.3, 0.4) is 0 Å². The van der Waals surface area contributed by atoms with Crippen LogP contribution in [0.5, 0.6) is 0 Å². The van der Waals surface area contributed by atoms with E-state index in [0.29, 0.717) is 13.0 Å². The first-order valence-corrected chi connectivity index (χ1v) is 14.9. The number of amides is 2. The van der Waals surface area contributed by atoms with Crippen molar-refractivity contribution in [2.75, 3.05) is 17.4 Å². The summed E-state index contributed by atoms with van der Waals surface area (Å²) in [6, 6.07) is 20.8. The van der Waals surface area contributed by atoms with Gasteiger partial charge in [0.15, 0.2) is 0 Å². The fraction of sp³-hybridized carbons (Fsp3) is 0.310. The van der Waals surface area contributed by atoms with Crippen LogP contribution in [0.4, 0.5) is 5.69 Å². The van der Waals surface area contributed by atoms with E-state index in [1.54, 1.807) is 24.3 Å². The molecule has 0 fully saturated rings. The van der Waals surface area contributed by atoms with E-state index < -0.39 is 28.5 Å². The number of carbonyl (C=O) groups is 2. The molecule has 0 radical (unpaired) electrons. The Balaban J connectivity index is 2.06. The van der Waals surface area contributed by atoms with Crippen molar-refractivity contribution in [3.8, 4) is 0 Å². The molecule has 7 nitrogen and oxygen atoms in total. The number of nitrogens with one attached hydrogen (secondary N) is 1. The average Bonchev–Trinajstić information content (AvgIpc) is 2.93. The van der Waals surface area contributed by atoms with Gasteiger partial charge in [-0.1, -0.05) is 98.6 Å². The molecule has 0 saturated carbocycles. The quantitative estimate of drug-likeness (QED) is 0.290. The van der Waals surface area contributed by atoms with E-state index >= 15 is 0 Å². The molecule has 2 amide bonds. The van der Waals surface area contributed by atoms with Crippen LogP contribution in [-0.4, -0.2) is 44.3 Å². The van der Waals surface area contributed by atoms with Gasteiger partial charge in [-0.3, -0.25) is 13.9 Å². The maximum Gasteiger partial charge on any atom is 0.264 e. The first-order valence-electron chi connectivity index (χ1n) is 12.7. The lowest BCUT2D eigenvalue weighted by Crippen LogP contribution is -2.52. The molecule has 0 aliphatic carbocycles. The van der Waals surface area contributed by atoms with E-state index in [4.69, 9.17) is 23.2 Å². The number of hydrogen-bond donors (Lipinski definition) is 1. The van der Waals surface area contributed by atoms with Crippen LogP contribution in [0.25, 0.3) is 0 Å². The van der Waals surface area contributed by atoms with E-state index in [1.807, 2.05) is 51.1 Å². The van der Waals surface area contributed by atoms with Gasteiger partial charge in [-0.2, -0.15) is 0 Å². The van der Waals surface area contributed by atoms with E-state index in [9.17, 15) is 18.0 Å². The molecule has 3 aromatic carbocycles. The van der Waals surface area contributed by atoms with E-state index in [1.165, 1.54) is 29.2 Å². The molecule has 39 heavy (non-hydrogen) atoms. The summed E-state index contributed by atoms with van der Waals surface area (Å²) in [5, 5.41) is 3.06. The number of halogens is 2. The molecule has 0 aliphatic heterocycles. The number of hydrogen-bond acceptors (Lipinski definition) is 4. The Morgan fingerprint density at radius 2 is 1.51 bits per heavy atom. The molecule has 0 heterocycles. The monoisotopic (exact) mass is 589 g/mol. The molecule has 0 saturated heterocycles. The predicted octanol–water partition coefficient (Wildman–Crippen LogP) is 5.77. The second-order valence-corrected chi connectivity index (χ2v) is 12.1. The molecule has 10 heteroatoms.